The Bertz CT molecular complexity index is 552. The van der Waals surface area contributed by atoms with Crippen molar-refractivity contribution in [2.75, 3.05) is 6.26 Å². The maximum absolute atomic E-state index is 9.07. The summed E-state index contributed by atoms with van der Waals surface area (Å²) in [6.45, 7) is 0.0342. The molecule has 0 aliphatic rings. The molecule has 0 saturated carbocycles. The Balaban J connectivity index is 2.51. The van der Waals surface area contributed by atoms with E-state index >= 15 is 0 Å². The Morgan fingerprint density at radius 3 is 2.47 bits per heavy atom. The molecule has 0 saturated heterocycles. The van der Waals surface area contributed by atoms with Crippen molar-refractivity contribution in [2.45, 2.75) is 11.6 Å². The molecule has 1 heterocycles. The smallest absolute Gasteiger partial charge is 0.125 e. The second-order valence-corrected chi connectivity index (χ2v) is 4.36. The van der Waals surface area contributed by atoms with Gasteiger partial charge in [0.25, 0.3) is 0 Å². The molecule has 0 fully saturated rings. The average Bonchev–Trinajstić information content (AvgIpc) is 2.81. The Kier molecular flexibility index (Phi) is 3.52. The zero-order valence-electron chi connectivity index (χ0n) is 9.42. The molecule has 0 amide bonds. The van der Waals surface area contributed by atoms with Crippen molar-refractivity contribution in [3.63, 3.8) is 0 Å². The van der Waals surface area contributed by atoms with Gasteiger partial charge in [-0.05, 0) is 36.1 Å². The molecule has 1 aromatic carbocycles. The van der Waals surface area contributed by atoms with E-state index in [0.29, 0.717) is 5.69 Å². The topological polar surface area (TPSA) is 49.0 Å². The summed E-state index contributed by atoms with van der Waals surface area (Å²) in [6, 6.07) is 13.5. The van der Waals surface area contributed by atoms with Gasteiger partial charge in [-0.15, -0.1) is 11.8 Å². The van der Waals surface area contributed by atoms with E-state index in [4.69, 9.17) is 10.4 Å². The second kappa shape index (κ2) is 5.09. The Morgan fingerprint density at radius 1 is 1.24 bits per heavy atom. The lowest BCUT2D eigenvalue weighted by atomic mass is 10.2. The molecular weight excluding hydrogens is 232 g/mol. The lowest BCUT2D eigenvalue weighted by Gasteiger charge is -2.09. The van der Waals surface area contributed by atoms with Crippen LogP contribution in [-0.2, 0) is 6.61 Å². The van der Waals surface area contributed by atoms with Gasteiger partial charge in [0.05, 0.1) is 11.6 Å². The van der Waals surface area contributed by atoms with E-state index in [1.807, 2.05) is 47.2 Å². The molecule has 17 heavy (non-hydrogen) atoms. The Labute approximate surface area is 104 Å². The fourth-order valence-electron chi connectivity index (χ4n) is 1.68. The van der Waals surface area contributed by atoms with Gasteiger partial charge in [0.15, 0.2) is 0 Å². The van der Waals surface area contributed by atoms with E-state index in [9.17, 15) is 0 Å². The summed E-state index contributed by atoms with van der Waals surface area (Å²) < 4.78 is 1.91. The molecule has 0 atom stereocenters. The number of rotatable bonds is 3. The van der Waals surface area contributed by atoms with Gasteiger partial charge < -0.3 is 5.11 Å². The van der Waals surface area contributed by atoms with Crippen LogP contribution in [0.5, 0.6) is 0 Å². The van der Waals surface area contributed by atoms with Crippen LogP contribution in [0, 0.1) is 11.3 Å². The van der Waals surface area contributed by atoms with Crippen molar-refractivity contribution < 1.29 is 5.11 Å². The molecule has 4 heteroatoms. The van der Waals surface area contributed by atoms with Gasteiger partial charge in [-0.1, -0.05) is 12.1 Å². The van der Waals surface area contributed by atoms with E-state index in [0.717, 1.165) is 16.3 Å². The number of aliphatic hydroxyl groups excluding tert-OH is 1. The maximum Gasteiger partial charge on any atom is 0.125 e. The molecule has 86 valence electrons. The molecule has 0 aliphatic heterocycles. The fraction of sp³-hybridized carbons (Fsp3) is 0.154. The van der Waals surface area contributed by atoms with Crippen LogP contribution < -0.4 is 0 Å². The van der Waals surface area contributed by atoms with Gasteiger partial charge in [0, 0.05) is 5.69 Å². The Morgan fingerprint density at radius 2 is 1.94 bits per heavy atom. The zero-order chi connectivity index (χ0) is 12.3. The van der Waals surface area contributed by atoms with Crippen LogP contribution in [0.3, 0.4) is 0 Å². The summed E-state index contributed by atoms with van der Waals surface area (Å²) in [7, 11) is 0. The van der Waals surface area contributed by atoms with E-state index in [-0.39, 0.29) is 6.61 Å². The largest absolute Gasteiger partial charge is 0.392 e. The number of nitriles is 1. The molecule has 2 aromatic rings. The van der Waals surface area contributed by atoms with E-state index in [2.05, 4.69) is 6.07 Å². The first-order valence-corrected chi connectivity index (χ1v) is 6.38. The van der Waals surface area contributed by atoms with E-state index in [1.54, 1.807) is 11.8 Å². The molecule has 0 aliphatic carbocycles. The molecule has 0 spiro atoms. The van der Waals surface area contributed by atoms with Crippen molar-refractivity contribution in [1.29, 1.82) is 5.26 Å². The van der Waals surface area contributed by atoms with Crippen LogP contribution >= 0.6 is 11.8 Å². The number of aromatic nitrogens is 1. The third kappa shape index (κ3) is 2.21. The van der Waals surface area contributed by atoms with Gasteiger partial charge >= 0.3 is 0 Å². The van der Waals surface area contributed by atoms with Crippen molar-refractivity contribution in [3.05, 3.63) is 47.7 Å². The summed E-state index contributed by atoms with van der Waals surface area (Å²) in [5, 5.41) is 19.1. The van der Waals surface area contributed by atoms with E-state index < -0.39 is 0 Å². The third-order valence-corrected chi connectivity index (χ3v) is 3.28. The number of aliphatic hydroxyl groups is 1. The highest BCUT2D eigenvalue weighted by molar-refractivity contribution is 7.98. The van der Waals surface area contributed by atoms with Gasteiger partial charge in [-0.25, -0.2) is 0 Å². The maximum atomic E-state index is 9.07. The number of thioether (sulfide) groups is 1. The van der Waals surface area contributed by atoms with Crippen LogP contribution in [0.4, 0.5) is 0 Å². The van der Waals surface area contributed by atoms with Crippen LogP contribution in [0.1, 0.15) is 11.3 Å². The summed E-state index contributed by atoms with van der Waals surface area (Å²) >= 11 is 1.60. The quantitative estimate of drug-likeness (QED) is 0.844. The first kappa shape index (κ1) is 11.8. The summed E-state index contributed by atoms with van der Waals surface area (Å²) in [5.41, 5.74) is 2.42. The summed E-state index contributed by atoms with van der Waals surface area (Å²) in [5.74, 6) is 0. The molecule has 3 nitrogen and oxygen atoms in total. The lowest BCUT2D eigenvalue weighted by molar-refractivity contribution is 0.282. The second-order valence-electron chi connectivity index (χ2n) is 3.53. The van der Waals surface area contributed by atoms with Crippen LogP contribution in [0.25, 0.3) is 5.69 Å². The molecule has 2 rings (SSSR count). The minimum absolute atomic E-state index is 0.0342. The average molecular weight is 244 g/mol. The molecule has 1 aromatic heterocycles. The summed E-state index contributed by atoms with van der Waals surface area (Å²) in [4.78, 5) is 0. The van der Waals surface area contributed by atoms with Crippen molar-refractivity contribution >= 4 is 11.8 Å². The molecule has 0 unspecified atom stereocenters. The van der Waals surface area contributed by atoms with Crippen LogP contribution in [0.15, 0.2) is 41.4 Å². The first-order chi connectivity index (χ1) is 8.30. The lowest BCUT2D eigenvalue weighted by Crippen LogP contribution is -1.98. The van der Waals surface area contributed by atoms with Gasteiger partial charge in [-0.3, -0.25) is 4.57 Å². The third-order valence-electron chi connectivity index (χ3n) is 2.55. The zero-order valence-corrected chi connectivity index (χ0v) is 10.2. The SMILES string of the molecule is CSc1ccc(C#N)n1-c1ccc(CO)cc1. The van der Waals surface area contributed by atoms with Gasteiger partial charge in [0.1, 0.15) is 11.8 Å². The predicted molar refractivity (Wildman–Crippen MR) is 68.2 cm³/mol. The standard InChI is InChI=1S/C13H12N2OS/c1-17-13-7-6-12(8-14)15(13)11-4-2-10(9-16)3-5-11/h2-7,16H,9H2,1H3. The van der Waals surface area contributed by atoms with Gasteiger partial charge in [-0.2, -0.15) is 5.26 Å². The van der Waals surface area contributed by atoms with Crippen LogP contribution in [-0.4, -0.2) is 15.9 Å². The normalized spacial score (nSPS) is 10.2. The minimum atomic E-state index is 0.0342. The van der Waals surface area contributed by atoms with Crippen LogP contribution in [0.2, 0.25) is 0 Å². The molecule has 1 N–H and O–H groups in total. The monoisotopic (exact) mass is 244 g/mol. The highest BCUT2D eigenvalue weighted by Gasteiger charge is 2.08. The fourth-order valence-corrected chi connectivity index (χ4v) is 2.27. The van der Waals surface area contributed by atoms with Crippen molar-refractivity contribution in [1.82, 2.24) is 4.57 Å². The summed E-state index contributed by atoms with van der Waals surface area (Å²) in [6.07, 6.45) is 1.98. The predicted octanol–water partition coefficient (Wildman–Crippen LogP) is 2.56. The molecule has 0 radical (unpaired) electrons. The first-order valence-electron chi connectivity index (χ1n) is 5.16. The number of hydrogen-bond donors (Lipinski definition) is 1. The van der Waals surface area contributed by atoms with Crippen molar-refractivity contribution in [2.24, 2.45) is 0 Å². The Hall–Kier alpha value is -1.70. The number of nitrogens with zero attached hydrogens (tertiary/aromatic N) is 2. The number of benzene rings is 1. The van der Waals surface area contributed by atoms with E-state index in [1.165, 1.54) is 0 Å². The number of hydrogen-bond acceptors (Lipinski definition) is 3. The highest BCUT2D eigenvalue weighted by Crippen LogP contribution is 2.24. The molecular formula is C13H12N2OS. The molecule has 0 bridgehead atoms. The van der Waals surface area contributed by atoms with Crippen molar-refractivity contribution in [3.8, 4) is 11.8 Å². The highest BCUT2D eigenvalue weighted by atomic mass is 32.2. The van der Waals surface area contributed by atoms with Gasteiger partial charge in [0.2, 0.25) is 0 Å². The minimum Gasteiger partial charge on any atom is -0.392 e.